The van der Waals surface area contributed by atoms with Crippen LogP contribution in [0, 0.1) is 0 Å². The van der Waals surface area contributed by atoms with E-state index < -0.39 is 6.04 Å². The van der Waals surface area contributed by atoms with E-state index in [-0.39, 0.29) is 24.4 Å². The fourth-order valence-corrected chi connectivity index (χ4v) is 4.89. The summed E-state index contributed by atoms with van der Waals surface area (Å²) < 4.78 is 1.12. The van der Waals surface area contributed by atoms with Gasteiger partial charge < -0.3 is 10.2 Å². The van der Waals surface area contributed by atoms with Crippen molar-refractivity contribution in [3.05, 3.63) is 60.0 Å². The van der Waals surface area contributed by atoms with Crippen LogP contribution in [0.15, 0.2) is 60.0 Å². The summed E-state index contributed by atoms with van der Waals surface area (Å²) in [6, 6.07) is 17.6. The van der Waals surface area contributed by atoms with Crippen molar-refractivity contribution in [2.45, 2.75) is 31.3 Å². The molecule has 0 radical (unpaired) electrons. The molecule has 5 nitrogen and oxygen atoms in total. The number of rotatable bonds is 4. The molecule has 0 spiro atoms. The summed E-state index contributed by atoms with van der Waals surface area (Å²) in [7, 11) is 0. The number of hydrogen-bond donors (Lipinski definition) is 1. The lowest BCUT2D eigenvalue weighted by atomic mass is 9.92. The van der Waals surface area contributed by atoms with Crippen LogP contribution >= 0.6 is 11.3 Å². The Morgan fingerprint density at radius 2 is 1.86 bits per heavy atom. The molecule has 3 aromatic rings. The van der Waals surface area contributed by atoms with Gasteiger partial charge in [0.15, 0.2) is 0 Å². The highest BCUT2D eigenvalue weighted by Crippen LogP contribution is 2.30. The quantitative estimate of drug-likeness (QED) is 0.719. The average Bonchev–Trinajstić information content (AvgIpc) is 3.18. The van der Waals surface area contributed by atoms with Crippen molar-refractivity contribution >= 4 is 44.6 Å². The largest absolute Gasteiger partial charge is 0.360 e. The number of anilines is 2. The molecule has 1 saturated carbocycles. The summed E-state index contributed by atoms with van der Waals surface area (Å²) in [4.78, 5) is 30.1. The topological polar surface area (TPSA) is 52.7 Å². The zero-order chi connectivity index (χ0) is 19.8. The standard InChI is InChI=1S/C23H23N3O2S/c27-22-15-25(18-7-2-1-3-8-18)14-20(23(28)24-17-5-4-6-17)26(22)19-10-9-16-11-12-29-21(16)13-19/h1-3,7-13,17,20H,4-6,14-15H2,(H,24,28). The fourth-order valence-electron chi connectivity index (χ4n) is 4.07. The molecular weight excluding hydrogens is 382 g/mol. The molecule has 29 heavy (non-hydrogen) atoms. The number of para-hydroxylation sites is 1. The van der Waals surface area contributed by atoms with Crippen LogP contribution in [-0.2, 0) is 9.59 Å². The Morgan fingerprint density at radius 3 is 2.62 bits per heavy atom. The second-order valence-corrected chi connectivity index (χ2v) is 8.72. The van der Waals surface area contributed by atoms with Crippen LogP contribution in [0.5, 0.6) is 0 Å². The molecule has 1 aliphatic carbocycles. The van der Waals surface area contributed by atoms with Gasteiger partial charge in [0.05, 0.1) is 6.54 Å². The highest BCUT2D eigenvalue weighted by atomic mass is 32.1. The van der Waals surface area contributed by atoms with Crippen molar-refractivity contribution < 1.29 is 9.59 Å². The van der Waals surface area contributed by atoms with Crippen LogP contribution in [0.2, 0.25) is 0 Å². The van der Waals surface area contributed by atoms with E-state index in [2.05, 4.69) is 11.4 Å². The SMILES string of the molecule is O=C(NC1CCC1)C1CN(c2ccccc2)CC(=O)N1c1ccc2ccsc2c1. The van der Waals surface area contributed by atoms with Gasteiger partial charge >= 0.3 is 0 Å². The lowest BCUT2D eigenvalue weighted by Gasteiger charge is -2.42. The van der Waals surface area contributed by atoms with Gasteiger partial charge in [-0.05, 0) is 60.4 Å². The molecule has 2 heterocycles. The van der Waals surface area contributed by atoms with Gasteiger partial charge in [0.2, 0.25) is 11.8 Å². The molecular formula is C23H23N3O2S. The van der Waals surface area contributed by atoms with Crippen molar-refractivity contribution in [2.75, 3.05) is 22.9 Å². The third-order valence-corrected chi connectivity index (χ3v) is 6.77. The molecule has 6 heteroatoms. The number of carbonyl (C=O) groups is 2. The van der Waals surface area contributed by atoms with Crippen molar-refractivity contribution in [3.63, 3.8) is 0 Å². The summed E-state index contributed by atoms with van der Waals surface area (Å²) >= 11 is 1.65. The zero-order valence-corrected chi connectivity index (χ0v) is 16.9. The zero-order valence-electron chi connectivity index (χ0n) is 16.1. The molecule has 1 aliphatic heterocycles. The van der Waals surface area contributed by atoms with Gasteiger partial charge in [-0.2, -0.15) is 0 Å². The van der Waals surface area contributed by atoms with E-state index in [1.165, 1.54) is 0 Å². The first kappa shape index (κ1) is 18.2. The molecule has 2 fully saturated rings. The summed E-state index contributed by atoms with van der Waals surface area (Å²) in [6.45, 7) is 0.747. The Morgan fingerprint density at radius 1 is 1.03 bits per heavy atom. The smallest absolute Gasteiger partial charge is 0.247 e. The molecule has 2 aromatic carbocycles. The second-order valence-electron chi connectivity index (χ2n) is 7.77. The van der Waals surface area contributed by atoms with Gasteiger partial charge in [0, 0.05) is 28.7 Å². The van der Waals surface area contributed by atoms with Crippen LogP contribution in [-0.4, -0.2) is 37.0 Å². The lowest BCUT2D eigenvalue weighted by Crippen LogP contribution is -2.63. The van der Waals surface area contributed by atoms with E-state index in [9.17, 15) is 9.59 Å². The van der Waals surface area contributed by atoms with Crippen LogP contribution in [0.25, 0.3) is 10.1 Å². The first-order valence-electron chi connectivity index (χ1n) is 10.1. The summed E-state index contributed by atoms with van der Waals surface area (Å²) in [6.07, 6.45) is 3.20. The molecule has 5 rings (SSSR count). The average molecular weight is 406 g/mol. The Bertz CT molecular complexity index is 1040. The summed E-state index contributed by atoms with van der Waals surface area (Å²) in [5, 5.41) is 6.36. The predicted molar refractivity (Wildman–Crippen MR) is 118 cm³/mol. The lowest BCUT2D eigenvalue weighted by molar-refractivity contribution is -0.127. The van der Waals surface area contributed by atoms with Crippen molar-refractivity contribution in [1.82, 2.24) is 5.32 Å². The number of piperazine rings is 1. The second kappa shape index (κ2) is 7.52. The Balaban J connectivity index is 1.48. The molecule has 148 valence electrons. The third-order valence-electron chi connectivity index (χ3n) is 5.89. The Labute approximate surface area is 173 Å². The Kier molecular flexibility index (Phi) is 4.72. The molecule has 0 bridgehead atoms. The van der Waals surface area contributed by atoms with E-state index in [1.807, 2.05) is 58.8 Å². The maximum absolute atomic E-state index is 13.2. The fraction of sp³-hybridized carbons (Fsp3) is 0.304. The maximum Gasteiger partial charge on any atom is 0.247 e. The van der Waals surface area contributed by atoms with Gasteiger partial charge in [-0.15, -0.1) is 11.3 Å². The van der Waals surface area contributed by atoms with E-state index >= 15 is 0 Å². The maximum atomic E-state index is 13.2. The summed E-state index contributed by atoms with van der Waals surface area (Å²) in [5.41, 5.74) is 1.77. The minimum atomic E-state index is -0.547. The van der Waals surface area contributed by atoms with Crippen LogP contribution < -0.4 is 15.1 Å². The monoisotopic (exact) mass is 405 g/mol. The number of nitrogens with zero attached hydrogens (tertiary/aromatic N) is 2. The van der Waals surface area contributed by atoms with Gasteiger partial charge in [-0.25, -0.2) is 0 Å². The van der Waals surface area contributed by atoms with E-state index in [1.54, 1.807) is 16.2 Å². The normalized spacial score (nSPS) is 20.0. The molecule has 1 saturated heterocycles. The molecule has 1 N–H and O–H groups in total. The molecule has 2 amide bonds. The van der Waals surface area contributed by atoms with Crippen molar-refractivity contribution in [2.24, 2.45) is 0 Å². The molecule has 2 aliphatic rings. The van der Waals surface area contributed by atoms with Crippen LogP contribution in [0.3, 0.4) is 0 Å². The minimum Gasteiger partial charge on any atom is -0.360 e. The summed E-state index contributed by atoms with van der Waals surface area (Å²) in [5.74, 6) is -0.111. The Hall–Kier alpha value is -2.86. The number of nitrogens with one attached hydrogen (secondary N) is 1. The van der Waals surface area contributed by atoms with Gasteiger partial charge in [-0.3, -0.25) is 14.5 Å². The first-order chi connectivity index (χ1) is 14.2. The van der Waals surface area contributed by atoms with E-state index in [0.29, 0.717) is 6.54 Å². The third kappa shape index (κ3) is 3.49. The molecule has 1 unspecified atom stereocenters. The predicted octanol–water partition coefficient (Wildman–Crippen LogP) is 3.79. The van der Waals surface area contributed by atoms with Gasteiger partial charge in [0.1, 0.15) is 6.04 Å². The number of thiophene rings is 1. The van der Waals surface area contributed by atoms with E-state index in [4.69, 9.17) is 0 Å². The van der Waals surface area contributed by atoms with Crippen LogP contribution in [0.1, 0.15) is 19.3 Å². The highest BCUT2D eigenvalue weighted by Gasteiger charge is 2.39. The first-order valence-corrected chi connectivity index (χ1v) is 11.0. The highest BCUT2D eigenvalue weighted by molar-refractivity contribution is 7.17. The van der Waals surface area contributed by atoms with Crippen LogP contribution in [0.4, 0.5) is 11.4 Å². The van der Waals surface area contributed by atoms with E-state index in [0.717, 1.165) is 40.7 Å². The molecule has 1 atom stereocenters. The number of hydrogen-bond acceptors (Lipinski definition) is 4. The number of carbonyl (C=O) groups excluding carboxylic acids is 2. The van der Waals surface area contributed by atoms with Crippen molar-refractivity contribution in [3.8, 4) is 0 Å². The van der Waals surface area contributed by atoms with Gasteiger partial charge in [-0.1, -0.05) is 24.3 Å². The number of amides is 2. The molecule has 1 aromatic heterocycles. The minimum absolute atomic E-state index is 0.0511. The number of benzene rings is 2. The van der Waals surface area contributed by atoms with Crippen molar-refractivity contribution in [1.29, 1.82) is 0 Å². The van der Waals surface area contributed by atoms with Gasteiger partial charge in [0.25, 0.3) is 0 Å². The number of fused-ring (bicyclic) bond motifs is 1.